The molecule has 0 fully saturated rings. The number of rotatable bonds is 1. The molecule has 1 aliphatic rings. The molecule has 3 heterocycles. The van der Waals surface area contributed by atoms with Crippen molar-refractivity contribution < 1.29 is 17.6 Å². The van der Waals surface area contributed by atoms with Crippen molar-refractivity contribution in [3.63, 3.8) is 0 Å². The van der Waals surface area contributed by atoms with Crippen molar-refractivity contribution in [2.24, 2.45) is 0 Å². The number of hydrogen-bond donors (Lipinski definition) is 1. The van der Waals surface area contributed by atoms with Crippen LogP contribution in [0, 0.1) is 11.6 Å². The van der Waals surface area contributed by atoms with Crippen LogP contribution in [0.2, 0.25) is 0 Å². The molecule has 130 valence electrons. The van der Waals surface area contributed by atoms with Crippen molar-refractivity contribution >= 4 is 22.2 Å². The van der Waals surface area contributed by atoms with E-state index in [1.165, 1.54) is 43.5 Å². The molecule has 1 atom stereocenters. The van der Waals surface area contributed by atoms with Crippen LogP contribution >= 0.6 is 11.3 Å². The molecule has 1 N–H and O–H groups in total. The number of halogens is 4. The first-order valence-electron chi connectivity index (χ1n) is 7.69. The van der Waals surface area contributed by atoms with Crippen molar-refractivity contribution in [3.05, 3.63) is 63.5 Å². The Kier molecular flexibility index (Phi) is 3.46. The number of alkyl halides is 2. The average Bonchev–Trinajstić information content (AvgIpc) is 3.05. The van der Waals surface area contributed by atoms with E-state index in [9.17, 15) is 17.6 Å². The molecule has 0 amide bonds. The second-order valence-electron chi connectivity index (χ2n) is 6.68. The Labute approximate surface area is 145 Å². The highest BCUT2D eigenvalue weighted by molar-refractivity contribution is 7.10. The van der Waals surface area contributed by atoms with Crippen molar-refractivity contribution in [1.82, 2.24) is 10.3 Å². The molecule has 0 saturated heterocycles. The molecule has 0 saturated carbocycles. The van der Waals surface area contributed by atoms with Crippen molar-refractivity contribution in [2.45, 2.75) is 31.4 Å². The Balaban J connectivity index is 1.88. The fourth-order valence-electron chi connectivity index (χ4n) is 3.21. The van der Waals surface area contributed by atoms with Gasteiger partial charge in [0.1, 0.15) is 5.52 Å². The zero-order valence-corrected chi connectivity index (χ0v) is 14.2. The number of nitrogens with zero attached hydrogens (tertiary/aromatic N) is 1. The molecule has 0 bridgehead atoms. The summed E-state index contributed by atoms with van der Waals surface area (Å²) < 4.78 is 56.5. The number of benzene rings is 1. The van der Waals surface area contributed by atoms with Crippen molar-refractivity contribution in [2.75, 3.05) is 0 Å². The molecule has 0 aliphatic carbocycles. The van der Waals surface area contributed by atoms with Crippen LogP contribution in [0.15, 0.2) is 35.8 Å². The number of nitrogens with one attached hydrogen (secondary N) is 1. The standard InChI is InChI=1S/C18H14F4N2S/c1-17(2)18(21,22)11-5-6-25-16(11)15(24-17)10-7-9-3-4-12(19)13(20)14(9)23-8-10/h3-8,15,24H,1-2H3. The highest BCUT2D eigenvalue weighted by atomic mass is 32.1. The summed E-state index contributed by atoms with van der Waals surface area (Å²) in [5.74, 6) is -4.99. The van der Waals surface area contributed by atoms with E-state index >= 15 is 0 Å². The molecule has 1 unspecified atom stereocenters. The normalized spacial score (nSPS) is 21.3. The van der Waals surface area contributed by atoms with Crippen LogP contribution in [-0.4, -0.2) is 10.5 Å². The van der Waals surface area contributed by atoms with E-state index in [4.69, 9.17) is 0 Å². The maximum atomic E-state index is 14.7. The van der Waals surface area contributed by atoms with Crippen LogP contribution in [0.1, 0.15) is 35.9 Å². The molecule has 0 spiro atoms. The lowest BCUT2D eigenvalue weighted by Gasteiger charge is -2.43. The first kappa shape index (κ1) is 16.5. The van der Waals surface area contributed by atoms with E-state index in [1.807, 2.05) is 0 Å². The molecule has 3 aromatic rings. The average molecular weight is 366 g/mol. The number of fused-ring (bicyclic) bond motifs is 2. The lowest BCUT2D eigenvalue weighted by atomic mass is 9.82. The summed E-state index contributed by atoms with van der Waals surface area (Å²) >= 11 is 1.24. The Morgan fingerprint density at radius 2 is 1.92 bits per heavy atom. The van der Waals surface area contributed by atoms with Gasteiger partial charge in [-0.1, -0.05) is 0 Å². The summed E-state index contributed by atoms with van der Waals surface area (Å²) in [6, 6.07) is 5.08. The molecule has 4 rings (SSSR count). The third kappa shape index (κ3) is 2.29. The second-order valence-corrected chi connectivity index (χ2v) is 7.62. The van der Waals surface area contributed by atoms with E-state index in [1.54, 1.807) is 11.4 Å². The third-order valence-corrected chi connectivity index (χ3v) is 5.67. The summed E-state index contributed by atoms with van der Waals surface area (Å²) in [5.41, 5.74) is -0.910. The lowest BCUT2D eigenvalue weighted by Crippen LogP contribution is -2.57. The van der Waals surface area contributed by atoms with Gasteiger partial charge in [0.15, 0.2) is 11.6 Å². The van der Waals surface area contributed by atoms with E-state index in [-0.39, 0.29) is 11.1 Å². The predicted molar refractivity (Wildman–Crippen MR) is 88.9 cm³/mol. The number of thiophene rings is 1. The van der Waals surface area contributed by atoms with Gasteiger partial charge >= 0.3 is 0 Å². The fraction of sp³-hybridized carbons (Fsp3) is 0.278. The monoisotopic (exact) mass is 366 g/mol. The topological polar surface area (TPSA) is 24.9 Å². The first-order valence-corrected chi connectivity index (χ1v) is 8.57. The number of aromatic nitrogens is 1. The molecular formula is C18H14F4N2S. The van der Waals surface area contributed by atoms with E-state index in [0.717, 1.165) is 6.07 Å². The van der Waals surface area contributed by atoms with Crippen LogP contribution in [0.4, 0.5) is 17.6 Å². The number of hydrogen-bond acceptors (Lipinski definition) is 3. The van der Waals surface area contributed by atoms with Gasteiger partial charge in [-0.2, -0.15) is 8.78 Å². The van der Waals surface area contributed by atoms with Crippen LogP contribution in [0.5, 0.6) is 0 Å². The van der Waals surface area contributed by atoms with Crippen LogP contribution in [0.25, 0.3) is 10.9 Å². The van der Waals surface area contributed by atoms with Gasteiger partial charge in [-0.25, -0.2) is 8.78 Å². The largest absolute Gasteiger partial charge is 0.295 e. The van der Waals surface area contributed by atoms with Gasteiger partial charge in [0.05, 0.1) is 11.6 Å². The zero-order chi connectivity index (χ0) is 18.0. The van der Waals surface area contributed by atoms with Crippen LogP contribution in [-0.2, 0) is 5.92 Å². The number of pyridine rings is 1. The minimum atomic E-state index is -3.02. The first-order chi connectivity index (χ1) is 11.7. The molecule has 1 aromatic carbocycles. The predicted octanol–water partition coefficient (Wildman–Crippen LogP) is 5.14. The third-order valence-electron chi connectivity index (χ3n) is 4.68. The van der Waals surface area contributed by atoms with Gasteiger partial charge < -0.3 is 0 Å². The quantitative estimate of drug-likeness (QED) is 0.604. The molecular weight excluding hydrogens is 352 g/mol. The molecule has 1 aliphatic heterocycles. The SMILES string of the molecule is CC1(C)NC(c2cnc3c(F)c(F)ccc3c2)c2sccc2C1(F)F. The van der Waals surface area contributed by atoms with Gasteiger partial charge in [0.25, 0.3) is 5.92 Å². The maximum Gasteiger partial charge on any atom is 0.291 e. The Morgan fingerprint density at radius 1 is 1.16 bits per heavy atom. The lowest BCUT2D eigenvalue weighted by molar-refractivity contribution is -0.0941. The second kappa shape index (κ2) is 5.25. The zero-order valence-electron chi connectivity index (χ0n) is 13.4. The minimum Gasteiger partial charge on any atom is -0.295 e. The van der Waals surface area contributed by atoms with Crippen LogP contribution in [0.3, 0.4) is 0 Å². The van der Waals surface area contributed by atoms with Gasteiger partial charge in [-0.3, -0.25) is 10.3 Å². The molecule has 25 heavy (non-hydrogen) atoms. The van der Waals surface area contributed by atoms with Crippen LogP contribution < -0.4 is 5.32 Å². The van der Waals surface area contributed by atoms with Gasteiger partial charge in [-0.05, 0) is 49.1 Å². The molecule has 2 aromatic heterocycles. The highest BCUT2D eigenvalue weighted by Crippen LogP contribution is 2.50. The fourth-order valence-corrected chi connectivity index (χ4v) is 4.21. The minimum absolute atomic E-state index is 0.00312. The van der Waals surface area contributed by atoms with Gasteiger partial charge in [0, 0.05) is 22.0 Å². The smallest absolute Gasteiger partial charge is 0.291 e. The summed E-state index contributed by atoms with van der Waals surface area (Å²) in [6.07, 6.45) is 1.41. The summed E-state index contributed by atoms with van der Waals surface area (Å²) in [6.45, 7) is 2.90. The van der Waals surface area contributed by atoms with E-state index < -0.39 is 29.1 Å². The summed E-state index contributed by atoms with van der Waals surface area (Å²) in [4.78, 5) is 4.53. The Morgan fingerprint density at radius 3 is 2.68 bits per heavy atom. The highest BCUT2D eigenvalue weighted by Gasteiger charge is 2.54. The molecule has 0 radical (unpaired) electrons. The molecule has 2 nitrogen and oxygen atoms in total. The summed E-state index contributed by atoms with van der Waals surface area (Å²) in [7, 11) is 0. The van der Waals surface area contributed by atoms with E-state index in [2.05, 4.69) is 10.3 Å². The van der Waals surface area contributed by atoms with Crippen molar-refractivity contribution in [3.8, 4) is 0 Å². The Bertz CT molecular complexity index is 980. The Hall–Kier alpha value is -1.99. The van der Waals surface area contributed by atoms with E-state index in [0.29, 0.717) is 15.8 Å². The van der Waals surface area contributed by atoms with Crippen molar-refractivity contribution in [1.29, 1.82) is 0 Å². The maximum absolute atomic E-state index is 14.7. The van der Waals surface area contributed by atoms with Gasteiger partial charge in [-0.15, -0.1) is 11.3 Å². The van der Waals surface area contributed by atoms with Gasteiger partial charge in [0.2, 0.25) is 0 Å². The molecule has 7 heteroatoms. The summed E-state index contributed by atoms with van der Waals surface area (Å²) in [5, 5.41) is 5.04.